The standard InChI is InChI=1S/C23H17Cl2N5/c24-16-8-10-20(25)19(12-16)23-29-21-6-2-1-5-18(21)22(30-23)27-11-3-4-17-9-7-15(13-26)14-28-17/h1-2,5-10,12,14H,3-4,11H2,(H,27,29,30). The Kier molecular flexibility index (Phi) is 6.08. The summed E-state index contributed by atoms with van der Waals surface area (Å²) in [5.74, 6) is 1.27. The summed E-state index contributed by atoms with van der Waals surface area (Å²) in [4.78, 5) is 13.7. The number of nitrogens with zero attached hydrogens (tertiary/aromatic N) is 4. The zero-order chi connectivity index (χ0) is 20.9. The summed E-state index contributed by atoms with van der Waals surface area (Å²) in [6.45, 7) is 0.714. The van der Waals surface area contributed by atoms with Gasteiger partial charge in [0.2, 0.25) is 0 Å². The van der Waals surface area contributed by atoms with Crippen LogP contribution in [0.3, 0.4) is 0 Å². The lowest BCUT2D eigenvalue weighted by Crippen LogP contribution is -2.07. The molecule has 0 saturated heterocycles. The average Bonchev–Trinajstić information content (AvgIpc) is 2.78. The fraction of sp³-hybridized carbons (Fsp3) is 0.130. The van der Waals surface area contributed by atoms with E-state index in [-0.39, 0.29) is 0 Å². The van der Waals surface area contributed by atoms with Crippen LogP contribution in [0, 0.1) is 11.3 Å². The molecule has 0 bridgehead atoms. The maximum Gasteiger partial charge on any atom is 0.163 e. The van der Waals surface area contributed by atoms with Gasteiger partial charge in [-0.05, 0) is 55.3 Å². The predicted molar refractivity (Wildman–Crippen MR) is 121 cm³/mol. The molecule has 4 aromatic rings. The van der Waals surface area contributed by atoms with Crippen LogP contribution in [0.5, 0.6) is 0 Å². The summed E-state index contributed by atoms with van der Waals surface area (Å²) in [6, 6.07) is 18.9. The molecule has 7 heteroatoms. The van der Waals surface area contributed by atoms with E-state index in [1.54, 1.807) is 30.5 Å². The van der Waals surface area contributed by atoms with Crippen molar-refractivity contribution < 1.29 is 0 Å². The van der Waals surface area contributed by atoms with Gasteiger partial charge in [0.1, 0.15) is 11.9 Å². The second-order valence-corrected chi connectivity index (χ2v) is 7.56. The largest absolute Gasteiger partial charge is 0.369 e. The molecule has 0 saturated carbocycles. The number of nitriles is 1. The Morgan fingerprint density at radius 3 is 2.67 bits per heavy atom. The molecule has 0 amide bonds. The maximum atomic E-state index is 8.86. The number of aryl methyl sites for hydroxylation is 1. The van der Waals surface area contributed by atoms with Crippen molar-refractivity contribution in [2.24, 2.45) is 0 Å². The van der Waals surface area contributed by atoms with Crippen LogP contribution in [0.4, 0.5) is 5.82 Å². The van der Waals surface area contributed by atoms with Crippen molar-refractivity contribution >= 4 is 39.9 Å². The third kappa shape index (κ3) is 4.51. The second-order valence-electron chi connectivity index (χ2n) is 6.72. The van der Waals surface area contributed by atoms with Gasteiger partial charge in [-0.2, -0.15) is 5.26 Å². The van der Waals surface area contributed by atoms with Gasteiger partial charge in [-0.3, -0.25) is 4.98 Å². The van der Waals surface area contributed by atoms with Crippen molar-refractivity contribution in [3.63, 3.8) is 0 Å². The number of anilines is 1. The number of hydrogen-bond donors (Lipinski definition) is 1. The van der Waals surface area contributed by atoms with E-state index in [0.717, 1.165) is 35.3 Å². The first-order valence-electron chi connectivity index (χ1n) is 9.45. The minimum atomic E-state index is 0.525. The SMILES string of the molecule is N#Cc1ccc(CCCNc2nc(-c3cc(Cl)ccc3Cl)nc3ccccc23)nc1. The lowest BCUT2D eigenvalue weighted by atomic mass is 10.1. The van der Waals surface area contributed by atoms with Gasteiger partial charge in [0.05, 0.1) is 16.1 Å². The Bertz CT molecular complexity index is 1230. The van der Waals surface area contributed by atoms with E-state index in [2.05, 4.69) is 21.4 Å². The number of aromatic nitrogens is 3. The summed E-state index contributed by atoms with van der Waals surface area (Å²) in [5.41, 5.74) is 3.04. The highest BCUT2D eigenvalue weighted by Gasteiger charge is 2.12. The highest BCUT2D eigenvalue weighted by molar-refractivity contribution is 6.35. The fourth-order valence-corrected chi connectivity index (χ4v) is 3.49. The number of nitrogens with one attached hydrogen (secondary N) is 1. The number of hydrogen-bond acceptors (Lipinski definition) is 5. The van der Waals surface area contributed by atoms with E-state index in [1.807, 2.05) is 30.3 Å². The zero-order valence-electron chi connectivity index (χ0n) is 15.9. The van der Waals surface area contributed by atoms with E-state index in [9.17, 15) is 0 Å². The van der Waals surface area contributed by atoms with Crippen LogP contribution in [0.15, 0.2) is 60.8 Å². The first kappa shape index (κ1) is 20.1. The van der Waals surface area contributed by atoms with Crippen LogP contribution < -0.4 is 5.32 Å². The first-order valence-corrected chi connectivity index (χ1v) is 10.2. The smallest absolute Gasteiger partial charge is 0.163 e. The molecule has 0 unspecified atom stereocenters. The molecule has 148 valence electrons. The summed E-state index contributed by atoms with van der Waals surface area (Å²) >= 11 is 12.5. The highest BCUT2D eigenvalue weighted by Crippen LogP contribution is 2.31. The minimum Gasteiger partial charge on any atom is -0.369 e. The number of rotatable bonds is 6. The van der Waals surface area contributed by atoms with Crippen LogP contribution in [-0.2, 0) is 6.42 Å². The maximum absolute atomic E-state index is 8.86. The zero-order valence-corrected chi connectivity index (χ0v) is 17.5. The lowest BCUT2D eigenvalue weighted by Gasteiger charge is -2.12. The van der Waals surface area contributed by atoms with Crippen LogP contribution >= 0.6 is 23.2 Å². The van der Waals surface area contributed by atoms with Gasteiger partial charge in [-0.15, -0.1) is 0 Å². The molecule has 1 N–H and O–H groups in total. The first-order chi connectivity index (χ1) is 14.6. The van der Waals surface area contributed by atoms with Crippen molar-refractivity contribution in [2.45, 2.75) is 12.8 Å². The quantitative estimate of drug-likeness (QED) is 0.382. The second kappa shape index (κ2) is 9.08. The molecule has 2 aromatic carbocycles. The molecule has 0 atom stereocenters. The molecule has 4 rings (SSSR count). The van der Waals surface area contributed by atoms with Gasteiger partial charge in [0, 0.05) is 34.4 Å². The molecular formula is C23H17Cl2N5. The molecule has 0 radical (unpaired) electrons. The number of para-hydroxylation sites is 1. The molecule has 0 fully saturated rings. The van der Waals surface area contributed by atoms with Gasteiger partial charge < -0.3 is 5.32 Å². The summed E-state index contributed by atoms with van der Waals surface area (Å²) in [5, 5.41) is 14.4. The predicted octanol–water partition coefficient (Wildman–Crippen LogP) is 5.91. The van der Waals surface area contributed by atoms with Crippen molar-refractivity contribution in [3.8, 4) is 17.5 Å². The Hall–Kier alpha value is -3.20. The van der Waals surface area contributed by atoms with Crippen LogP contribution in [-0.4, -0.2) is 21.5 Å². The molecule has 0 aliphatic carbocycles. The number of pyridine rings is 1. The molecule has 30 heavy (non-hydrogen) atoms. The van der Waals surface area contributed by atoms with E-state index < -0.39 is 0 Å². The molecule has 0 aliphatic rings. The van der Waals surface area contributed by atoms with Crippen molar-refractivity contribution in [1.29, 1.82) is 5.26 Å². The lowest BCUT2D eigenvalue weighted by molar-refractivity contribution is 0.833. The topological polar surface area (TPSA) is 74.5 Å². The Balaban J connectivity index is 1.55. The Morgan fingerprint density at radius 1 is 1.00 bits per heavy atom. The Morgan fingerprint density at radius 2 is 1.87 bits per heavy atom. The average molecular weight is 434 g/mol. The van der Waals surface area contributed by atoms with Crippen molar-refractivity contribution in [2.75, 3.05) is 11.9 Å². The van der Waals surface area contributed by atoms with Gasteiger partial charge >= 0.3 is 0 Å². The highest BCUT2D eigenvalue weighted by atomic mass is 35.5. The molecule has 2 heterocycles. The van der Waals surface area contributed by atoms with Gasteiger partial charge in [-0.1, -0.05) is 35.3 Å². The fourth-order valence-electron chi connectivity index (χ4n) is 3.12. The van der Waals surface area contributed by atoms with Crippen LogP contribution in [0.2, 0.25) is 10.0 Å². The van der Waals surface area contributed by atoms with Gasteiger partial charge in [0.25, 0.3) is 0 Å². The van der Waals surface area contributed by atoms with Crippen LogP contribution in [0.1, 0.15) is 17.7 Å². The summed E-state index contributed by atoms with van der Waals surface area (Å²) in [7, 11) is 0. The third-order valence-corrected chi connectivity index (χ3v) is 5.19. The molecule has 0 spiro atoms. The van der Waals surface area contributed by atoms with E-state index in [0.29, 0.717) is 33.5 Å². The van der Waals surface area contributed by atoms with Crippen molar-refractivity contribution in [1.82, 2.24) is 15.0 Å². The minimum absolute atomic E-state index is 0.525. The summed E-state index contributed by atoms with van der Waals surface area (Å²) in [6.07, 6.45) is 3.26. The molecular weight excluding hydrogens is 417 g/mol. The van der Waals surface area contributed by atoms with E-state index in [1.165, 1.54) is 0 Å². The van der Waals surface area contributed by atoms with Gasteiger partial charge in [-0.25, -0.2) is 9.97 Å². The number of fused-ring (bicyclic) bond motifs is 1. The van der Waals surface area contributed by atoms with Crippen LogP contribution in [0.25, 0.3) is 22.3 Å². The normalized spacial score (nSPS) is 10.7. The molecule has 5 nitrogen and oxygen atoms in total. The number of benzene rings is 2. The monoisotopic (exact) mass is 433 g/mol. The third-order valence-electron chi connectivity index (χ3n) is 4.63. The van der Waals surface area contributed by atoms with Gasteiger partial charge in [0.15, 0.2) is 5.82 Å². The van der Waals surface area contributed by atoms with E-state index >= 15 is 0 Å². The molecule has 2 aromatic heterocycles. The number of halogens is 2. The van der Waals surface area contributed by atoms with Crippen molar-refractivity contribution in [3.05, 3.63) is 82.1 Å². The summed E-state index contributed by atoms with van der Waals surface area (Å²) < 4.78 is 0. The molecule has 0 aliphatic heterocycles. The Labute approximate surface area is 184 Å². The van der Waals surface area contributed by atoms with E-state index in [4.69, 9.17) is 33.4 Å².